The molecule has 1 aromatic carbocycles. The number of aromatic nitrogens is 2. The lowest BCUT2D eigenvalue weighted by Gasteiger charge is -2.09. The number of nitro groups is 1. The Hall–Kier alpha value is -2.50. The fraction of sp³-hybridized carbons (Fsp3) is 0.333. The first-order valence-electron chi connectivity index (χ1n) is 6.80. The lowest BCUT2D eigenvalue weighted by molar-refractivity contribution is -0.384. The van der Waals surface area contributed by atoms with Gasteiger partial charge >= 0.3 is 0 Å². The van der Waals surface area contributed by atoms with Crippen LogP contribution in [-0.2, 0) is 6.42 Å². The van der Waals surface area contributed by atoms with Crippen molar-refractivity contribution in [2.24, 2.45) is 5.92 Å². The Bertz CT molecular complexity index is 656. The van der Waals surface area contributed by atoms with Gasteiger partial charge in [-0.25, -0.2) is 9.97 Å². The molecule has 1 aromatic heterocycles. The van der Waals surface area contributed by atoms with Crippen LogP contribution in [0.15, 0.2) is 30.3 Å². The molecule has 0 saturated carbocycles. The molecule has 0 spiro atoms. The summed E-state index contributed by atoms with van der Waals surface area (Å²) in [5, 5.41) is 13.9. The topological polar surface area (TPSA) is 81.0 Å². The molecule has 0 radical (unpaired) electrons. The van der Waals surface area contributed by atoms with E-state index in [1.54, 1.807) is 19.2 Å². The van der Waals surface area contributed by atoms with Crippen molar-refractivity contribution in [2.45, 2.75) is 20.3 Å². The summed E-state index contributed by atoms with van der Waals surface area (Å²) in [6, 6.07) is 8.28. The lowest BCUT2D eigenvalue weighted by atomic mass is 10.1. The van der Waals surface area contributed by atoms with Crippen molar-refractivity contribution >= 4 is 11.5 Å². The van der Waals surface area contributed by atoms with Gasteiger partial charge in [-0.3, -0.25) is 10.1 Å². The van der Waals surface area contributed by atoms with Gasteiger partial charge in [0.1, 0.15) is 5.82 Å². The Morgan fingerprint density at radius 3 is 2.67 bits per heavy atom. The zero-order valence-corrected chi connectivity index (χ0v) is 12.3. The summed E-state index contributed by atoms with van der Waals surface area (Å²) in [6.45, 7) is 4.24. The van der Waals surface area contributed by atoms with Crippen LogP contribution in [0.3, 0.4) is 0 Å². The molecule has 0 fully saturated rings. The summed E-state index contributed by atoms with van der Waals surface area (Å²) in [5.74, 6) is 1.69. The molecule has 6 nitrogen and oxygen atoms in total. The summed E-state index contributed by atoms with van der Waals surface area (Å²) in [6.07, 6.45) is 0.832. The lowest BCUT2D eigenvalue weighted by Crippen LogP contribution is -2.04. The minimum absolute atomic E-state index is 0.0383. The fourth-order valence-electron chi connectivity index (χ4n) is 2.04. The van der Waals surface area contributed by atoms with E-state index in [2.05, 4.69) is 29.1 Å². The molecule has 2 rings (SSSR count). The number of hydrogen-bond donors (Lipinski definition) is 1. The number of non-ortho nitro benzene ring substituents is 1. The summed E-state index contributed by atoms with van der Waals surface area (Å²) in [7, 11) is 1.79. The van der Waals surface area contributed by atoms with Crippen molar-refractivity contribution in [3.8, 4) is 11.4 Å². The highest BCUT2D eigenvalue weighted by atomic mass is 16.6. The maximum absolute atomic E-state index is 10.9. The number of rotatable bonds is 5. The summed E-state index contributed by atoms with van der Waals surface area (Å²) < 4.78 is 0. The van der Waals surface area contributed by atoms with Crippen LogP contribution in [0.25, 0.3) is 11.4 Å². The van der Waals surface area contributed by atoms with Crippen molar-refractivity contribution < 1.29 is 4.92 Å². The van der Waals surface area contributed by atoms with Gasteiger partial charge < -0.3 is 5.32 Å². The first kappa shape index (κ1) is 14.9. The Morgan fingerprint density at radius 2 is 2.05 bits per heavy atom. The van der Waals surface area contributed by atoms with E-state index >= 15 is 0 Å². The third-order valence-electron chi connectivity index (χ3n) is 2.97. The molecule has 0 aliphatic rings. The minimum Gasteiger partial charge on any atom is -0.373 e. The van der Waals surface area contributed by atoms with Gasteiger partial charge in [-0.05, 0) is 12.3 Å². The van der Waals surface area contributed by atoms with E-state index in [1.165, 1.54) is 12.1 Å². The monoisotopic (exact) mass is 286 g/mol. The zero-order chi connectivity index (χ0) is 15.4. The average Bonchev–Trinajstić information content (AvgIpc) is 2.46. The molecule has 0 aliphatic carbocycles. The minimum atomic E-state index is -0.416. The molecule has 21 heavy (non-hydrogen) atoms. The number of nitrogens with zero attached hydrogens (tertiary/aromatic N) is 3. The van der Waals surface area contributed by atoms with Gasteiger partial charge in [-0.15, -0.1) is 0 Å². The van der Waals surface area contributed by atoms with Crippen LogP contribution in [0.1, 0.15) is 19.5 Å². The molecule has 110 valence electrons. The van der Waals surface area contributed by atoms with Crippen LogP contribution in [-0.4, -0.2) is 21.9 Å². The van der Waals surface area contributed by atoms with Crippen LogP contribution in [0.4, 0.5) is 11.5 Å². The van der Waals surface area contributed by atoms with Crippen LogP contribution in [0, 0.1) is 16.0 Å². The molecule has 1 heterocycles. The second-order valence-electron chi connectivity index (χ2n) is 5.22. The normalized spacial score (nSPS) is 10.7. The predicted octanol–water partition coefficient (Wildman–Crippen LogP) is 3.29. The molecule has 0 atom stereocenters. The number of hydrogen-bond acceptors (Lipinski definition) is 5. The van der Waals surface area contributed by atoms with E-state index in [0.717, 1.165) is 12.1 Å². The van der Waals surface area contributed by atoms with Gasteiger partial charge in [-0.2, -0.15) is 0 Å². The molecule has 6 heteroatoms. The highest BCUT2D eigenvalue weighted by Crippen LogP contribution is 2.23. The van der Waals surface area contributed by atoms with Gasteiger partial charge in [0.15, 0.2) is 5.82 Å². The molecule has 1 N–H and O–H groups in total. The highest BCUT2D eigenvalue weighted by molar-refractivity contribution is 5.61. The fourth-order valence-corrected chi connectivity index (χ4v) is 2.04. The van der Waals surface area contributed by atoms with Crippen molar-refractivity contribution in [3.63, 3.8) is 0 Å². The first-order chi connectivity index (χ1) is 9.99. The maximum atomic E-state index is 10.9. The second kappa shape index (κ2) is 6.30. The van der Waals surface area contributed by atoms with Crippen molar-refractivity contribution in [1.29, 1.82) is 0 Å². The Morgan fingerprint density at radius 1 is 1.29 bits per heavy atom. The molecule has 0 unspecified atom stereocenters. The van der Waals surface area contributed by atoms with Gasteiger partial charge in [0.25, 0.3) is 5.69 Å². The van der Waals surface area contributed by atoms with Crippen molar-refractivity contribution in [3.05, 3.63) is 46.1 Å². The van der Waals surface area contributed by atoms with E-state index in [-0.39, 0.29) is 5.69 Å². The molecule has 0 aliphatic heterocycles. The SMILES string of the molecule is CNc1cc(CC(C)C)nc(-c2cccc([N+](=O)[O-])c2)n1. The highest BCUT2D eigenvalue weighted by Gasteiger charge is 2.11. The standard InChI is InChI=1S/C15H18N4O2/c1-10(2)7-12-9-14(16-3)18-15(17-12)11-5-4-6-13(8-11)19(20)21/h4-6,8-10H,7H2,1-3H3,(H,16,17,18). The van der Waals surface area contributed by atoms with E-state index in [9.17, 15) is 10.1 Å². The average molecular weight is 286 g/mol. The van der Waals surface area contributed by atoms with Crippen molar-refractivity contribution in [2.75, 3.05) is 12.4 Å². The number of benzene rings is 1. The van der Waals surface area contributed by atoms with Crippen LogP contribution >= 0.6 is 0 Å². The Balaban J connectivity index is 2.47. The van der Waals surface area contributed by atoms with E-state index < -0.39 is 4.92 Å². The van der Waals surface area contributed by atoms with Crippen LogP contribution in [0.5, 0.6) is 0 Å². The molecule has 0 bridgehead atoms. The van der Waals surface area contributed by atoms with Gasteiger partial charge in [0.05, 0.1) is 4.92 Å². The second-order valence-corrected chi connectivity index (χ2v) is 5.22. The van der Waals surface area contributed by atoms with Crippen molar-refractivity contribution in [1.82, 2.24) is 9.97 Å². The molecule has 0 saturated heterocycles. The Labute approximate surface area is 123 Å². The summed E-state index contributed by atoms with van der Waals surface area (Å²) in [4.78, 5) is 19.4. The van der Waals surface area contributed by atoms with E-state index in [0.29, 0.717) is 23.1 Å². The van der Waals surface area contributed by atoms with Gasteiger partial charge in [0.2, 0.25) is 0 Å². The molecular weight excluding hydrogens is 268 g/mol. The quantitative estimate of drug-likeness (QED) is 0.673. The number of nitrogens with one attached hydrogen (secondary N) is 1. The third kappa shape index (κ3) is 3.75. The number of anilines is 1. The first-order valence-corrected chi connectivity index (χ1v) is 6.80. The summed E-state index contributed by atoms with van der Waals surface area (Å²) >= 11 is 0. The smallest absolute Gasteiger partial charge is 0.270 e. The van der Waals surface area contributed by atoms with Crippen LogP contribution < -0.4 is 5.32 Å². The zero-order valence-electron chi connectivity index (χ0n) is 12.3. The van der Waals surface area contributed by atoms with Crippen LogP contribution in [0.2, 0.25) is 0 Å². The molecular formula is C15H18N4O2. The summed E-state index contributed by atoms with van der Waals surface area (Å²) in [5.41, 5.74) is 1.61. The van der Waals surface area contributed by atoms with E-state index in [1.807, 2.05) is 6.07 Å². The Kier molecular flexibility index (Phi) is 4.47. The molecule has 0 amide bonds. The molecule has 2 aromatic rings. The maximum Gasteiger partial charge on any atom is 0.270 e. The third-order valence-corrected chi connectivity index (χ3v) is 2.97. The number of nitro benzene ring substituents is 1. The van der Waals surface area contributed by atoms with E-state index in [4.69, 9.17) is 0 Å². The predicted molar refractivity (Wildman–Crippen MR) is 82.2 cm³/mol. The van der Waals surface area contributed by atoms with Gasteiger partial charge in [-0.1, -0.05) is 26.0 Å². The largest absolute Gasteiger partial charge is 0.373 e. The van der Waals surface area contributed by atoms with Gasteiger partial charge in [0, 0.05) is 36.5 Å².